The minimum Gasteiger partial charge on any atom is -0.379 e. The molecule has 2 aliphatic rings. The van der Waals surface area contributed by atoms with Gasteiger partial charge in [-0.3, -0.25) is 9.88 Å². The Hall–Kier alpha value is -2.25. The van der Waals surface area contributed by atoms with E-state index in [9.17, 15) is 0 Å². The van der Waals surface area contributed by atoms with Crippen molar-refractivity contribution in [2.75, 3.05) is 43.5 Å². The number of rotatable bonds is 3. The lowest BCUT2D eigenvalue weighted by Gasteiger charge is -2.31. The lowest BCUT2D eigenvalue weighted by atomic mass is 10.1. The van der Waals surface area contributed by atoms with E-state index in [1.807, 2.05) is 26.0 Å². The van der Waals surface area contributed by atoms with Gasteiger partial charge >= 0.3 is 0 Å². The number of fused-ring (bicyclic) bond motifs is 3. The molecule has 4 heterocycles. The van der Waals surface area contributed by atoms with E-state index >= 15 is 0 Å². The maximum atomic E-state index is 5.94. The second kappa shape index (κ2) is 7.17. The first-order valence-electron chi connectivity index (χ1n) is 9.17. The maximum Gasteiger partial charge on any atom is 0.222 e. The predicted molar refractivity (Wildman–Crippen MR) is 101 cm³/mol. The first-order chi connectivity index (χ1) is 12.6. The molecule has 2 aromatic rings. The summed E-state index contributed by atoms with van der Waals surface area (Å²) >= 11 is 0. The van der Waals surface area contributed by atoms with E-state index in [0.29, 0.717) is 17.9 Å². The molecular weight excluding hydrogens is 328 g/mol. The lowest BCUT2D eigenvalue weighted by Crippen LogP contribution is -2.44. The average Bonchev–Trinajstić information content (AvgIpc) is 2.84. The molecule has 0 unspecified atom stereocenters. The fraction of sp³-hybridized carbons (Fsp3) is 0.526. The van der Waals surface area contributed by atoms with E-state index in [0.717, 1.165) is 62.3 Å². The summed E-state index contributed by atoms with van der Waals surface area (Å²) < 4.78 is 5.94. The zero-order chi connectivity index (χ0) is 18.1. The van der Waals surface area contributed by atoms with Crippen LogP contribution in [0.1, 0.15) is 17.1 Å². The summed E-state index contributed by atoms with van der Waals surface area (Å²) in [5.41, 5.74) is 8.95. The minimum atomic E-state index is 0.307. The molecule has 26 heavy (non-hydrogen) atoms. The van der Waals surface area contributed by atoms with E-state index in [1.165, 1.54) is 0 Å². The Morgan fingerprint density at radius 3 is 2.77 bits per heavy atom. The fourth-order valence-corrected chi connectivity index (χ4v) is 3.94. The molecule has 138 valence electrons. The summed E-state index contributed by atoms with van der Waals surface area (Å²) in [6.07, 6.45) is 0. The van der Waals surface area contributed by atoms with Crippen LogP contribution >= 0.6 is 0 Å². The Kier molecular flexibility index (Phi) is 4.74. The third kappa shape index (κ3) is 3.78. The Morgan fingerprint density at radius 1 is 1.08 bits per heavy atom. The van der Waals surface area contributed by atoms with Crippen LogP contribution in [0.15, 0.2) is 24.3 Å². The summed E-state index contributed by atoms with van der Waals surface area (Å²) in [5, 5.41) is 0. The summed E-state index contributed by atoms with van der Waals surface area (Å²) in [7, 11) is 0. The van der Waals surface area contributed by atoms with Crippen LogP contribution in [0.2, 0.25) is 0 Å². The van der Waals surface area contributed by atoms with Crippen molar-refractivity contribution in [1.82, 2.24) is 19.9 Å². The molecule has 4 rings (SSSR count). The molecule has 7 heteroatoms. The van der Waals surface area contributed by atoms with Crippen molar-refractivity contribution >= 4 is 11.8 Å². The van der Waals surface area contributed by atoms with E-state index in [1.54, 1.807) is 0 Å². The summed E-state index contributed by atoms with van der Waals surface area (Å²) in [5.74, 6) is 1.69. The van der Waals surface area contributed by atoms with Crippen LogP contribution in [0, 0.1) is 19.8 Å². The number of ether oxygens (including phenoxy) is 1. The van der Waals surface area contributed by atoms with Crippen LogP contribution in [0.3, 0.4) is 0 Å². The van der Waals surface area contributed by atoms with E-state index in [2.05, 4.69) is 36.9 Å². The molecule has 2 fully saturated rings. The van der Waals surface area contributed by atoms with Gasteiger partial charge in [-0.15, -0.1) is 0 Å². The van der Waals surface area contributed by atoms with Gasteiger partial charge in [0.25, 0.3) is 0 Å². The molecule has 2 saturated heterocycles. The largest absolute Gasteiger partial charge is 0.379 e. The van der Waals surface area contributed by atoms with Gasteiger partial charge in [-0.1, -0.05) is 6.07 Å². The van der Waals surface area contributed by atoms with Crippen LogP contribution in [0.25, 0.3) is 0 Å². The van der Waals surface area contributed by atoms with E-state index < -0.39 is 0 Å². The fourth-order valence-electron chi connectivity index (χ4n) is 3.94. The van der Waals surface area contributed by atoms with Gasteiger partial charge in [0, 0.05) is 49.6 Å². The molecule has 7 nitrogen and oxygen atoms in total. The lowest BCUT2D eigenvalue weighted by molar-refractivity contribution is 0.0869. The Labute approximate surface area is 154 Å². The minimum absolute atomic E-state index is 0.307. The Morgan fingerprint density at radius 2 is 1.96 bits per heavy atom. The highest BCUT2D eigenvalue weighted by atomic mass is 16.5. The molecule has 0 amide bonds. The molecule has 0 radical (unpaired) electrons. The second-order valence-corrected chi connectivity index (χ2v) is 7.39. The van der Waals surface area contributed by atoms with Gasteiger partial charge in [-0.2, -0.15) is 4.98 Å². The maximum absolute atomic E-state index is 5.94. The Balaban J connectivity index is 1.57. The van der Waals surface area contributed by atoms with Crippen molar-refractivity contribution in [3.8, 4) is 0 Å². The van der Waals surface area contributed by atoms with Crippen molar-refractivity contribution in [1.29, 1.82) is 0 Å². The number of aromatic nitrogens is 3. The van der Waals surface area contributed by atoms with Gasteiger partial charge in [-0.25, -0.2) is 4.98 Å². The standard InChI is InChI=1S/C19H26N6O/c1-13-4-3-5-16(21-13)9-24-7-15-8-25(10-17(24)12-26-11-15)18-6-14(2)22-19(20)23-18/h3-6,15,17H,7-12H2,1-2H3,(H2,20,22,23)/t15-,17+/m1/s1. The predicted octanol–water partition coefficient (Wildman–Crippen LogP) is 1.41. The van der Waals surface area contributed by atoms with Gasteiger partial charge in [-0.05, 0) is 26.0 Å². The van der Waals surface area contributed by atoms with Crippen molar-refractivity contribution in [3.63, 3.8) is 0 Å². The highest BCUT2D eigenvalue weighted by molar-refractivity contribution is 5.44. The first kappa shape index (κ1) is 17.2. The number of pyridine rings is 1. The van der Waals surface area contributed by atoms with Gasteiger partial charge in [0.2, 0.25) is 5.95 Å². The molecule has 0 aromatic carbocycles. The number of hydrogen-bond acceptors (Lipinski definition) is 7. The number of nitrogens with zero attached hydrogens (tertiary/aromatic N) is 5. The molecule has 2 atom stereocenters. The number of nitrogens with two attached hydrogens (primary N) is 1. The number of nitrogen functional groups attached to an aromatic ring is 1. The highest BCUT2D eigenvalue weighted by Gasteiger charge is 2.34. The highest BCUT2D eigenvalue weighted by Crippen LogP contribution is 2.25. The number of aryl methyl sites for hydroxylation is 2. The quantitative estimate of drug-likeness (QED) is 0.892. The first-order valence-corrected chi connectivity index (χ1v) is 9.17. The van der Waals surface area contributed by atoms with Gasteiger partial charge < -0.3 is 15.4 Å². The van der Waals surface area contributed by atoms with E-state index in [4.69, 9.17) is 10.5 Å². The van der Waals surface area contributed by atoms with Crippen molar-refractivity contribution in [3.05, 3.63) is 41.3 Å². The molecule has 2 aromatic heterocycles. The van der Waals surface area contributed by atoms with Crippen molar-refractivity contribution in [2.24, 2.45) is 5.92 Å². The topological polar surface area (TPSA) is 80.4 Å². The molecule has 0 spiro atoms. The van der Waals surface area contributed by atoms with Crippen LogP contribution in [0.4, 0.5) is 11.8 Å². The molecule has 2 aliphatic heterocycles. The van der Waals surface area contributed by atoms with Crippen LogP contribution in [0.5, 0.6) is 0 Å². The summed E-state index contributed by atoms with van der Waals surface area (Å²) in [4.78, 5) is 18.2. The zero-order valence-corrected chi connectivity index (χ0v) is 15.4. The zero-order valence-electron chi connectivity index (χ0n) is 15.4. The monoisotopic (exact) mass is 354 g/mol. The molecule has 2 bridgehead atoms. The van der Waals surface area contributed by atoms with Crippen LogP contribution in [-0.4, -0.2) is 58.7 Å². The van der Waals surface area contributed by atoms with Crippen LogP contribution in [-0.2, 0) is 11.3 Å². The number of hydrogen-bond donors (Lipinski definition) is 1. The third-order valence-corrected chi connectivity index (χ3v) is 5.08. The van der Waals surface area contributed by atoms with Gasteiger partial charge in [0.15, 0.2) is 0 Å². The van der Waals surface area contributed by atoms with Crippen molar-refractivity contribution in [2.45, 2.75) is 26.4 Å². The summed E-state index contributed by atoms with van der Waals surface area (Å²) in [6.45, 7) is 9.17. The van der Waals surface area contributed by atoms with Gasteiger partial charge in [0.05, 0.1) is 24.9 Å². The normalized spacial score (nSPS) is 23.7. The van der Waals surface area contributed by atoms with Gasteiger partial charge in [0.1, 0.15) is 5.82 Å². The van der Waals surface area contributed by atoms with Crippen molar-refractivity contribution < 1.29 is 4.74 Å². The molecular formula is C19H26N6O. The Bertz CT molecular complexity index is 762. The smallest absolute Gasteiger partial charge is 0.222 e. The van der Waals surface area contributed by atoms with Crippen LogP contribution < -0.4 is 10.6 Å². The number of anilines is 2. The molecule has 0 aliphatic carbocycles. The molecule has 0 saturated carbocycles. The van der Waals surface area contributed by atoms with E-state index in [-0.39, 0.29) is 0 Å². The molecule has 2 N–H and O–H groups in total. The SMILES string of the molecule is Cc1cccc(CN2C[C@H]3COC[C@@H]2CN(c2cc(C)nc(N)n2)C3)n1. The third-order valence-electron chi connectivity index (χ3n) is 5.08. The average molecular weight is 354 g/mol. The summed E-state index contributed by atoms with van der Waals surface area (Å²) in [6, 6.07) is 8.55. The second-order valence-electron chi connectivity index (χ2n) is 7.39.